The summed E-state index contributed by atoms with van der Waals surface area (Å²) in [5.74, 6) is 2.63. The topological polar surface area (TPSA) is 93.0 Å². The number of hydrogen-bond acceptors (Lipinski definition) is 4. The van der Waals surface area contributed by atoms with Crippen molar-refractivity contribution in [2.45, 2.75) is 59.9 Å². The Morgan fingerprint density at radius 3 is 2.44 bits per heavy atom. The number of fused-ring (bicyclic) bond motifs is 1. The molecular weight excluding hydrogens is 488 g/mol. The van der Waals surface area contributed by atoms with E-state index in [0.29, 0.717) is 18.2 Å². The molecule has 2 heterocycles. The van der Waals surface area contributed by atoms with Crippen LogP contribution in [0.15, 0.2) is 60.7 Å². The van der Waals surface area contributed by atoms with E-state index in [9.17, 15) is 4.79 Å². The van der Waals surface area contributed by atoms with Crippen LogP contribution in [0.25, 0.3) is 33.5 Å². The summed E-state index contributed by atoms with van der Waals surface area (Å²) >= 11 is 0. The second-order valence-electron chi connectivity index (χ2n) is 10.3. The minimum atomic E-state index is -1.32. The number of para-hydroxylation sites is 1. The molecule has 2 N–H and O–H groups in total. The number of aromatic nitrogens is 4. The molecule has 0 aliphatic rings. The van der Waals surface area contributed by atoms with E-state index in [-0.39, 0.29) is 0 Å². The number of aryl methyl sites for hydroxylation is 3. The summed E-state index contributed by atoms with van der Waals surface area (Å²) in [5.41, 5.74) is 9.27. The van der Waals surface area contributed by atoms with Crippen LogP contribution in [0, 0.1) is 13.8 Å². The number of hydrogen-bond donors (Lipinski definition) is 2. The lowest BCUT2D eigenvalue weighted by molar-refractivity contribution is 0.144. The van der Waals surface area contributed by atoms with Gasteiger partial charge in [0.2, 0.25) is 0 Å². The molecule has 2 aromatic heterocycles. The van der Waals surface area contributed by atoms with Gasteiger partial charge >= 0.3 is 6.16 Å². The monoisotopic (exact) mass is 522 g/mol. The van der Waals surface area contributed by atoms with Gasteiger partial charge in [0.05, 0.1) is 16.7 Å². The van der Waals surface area contributed by atoms with Crippen molar-refractivity contribution >= 4 is 17.2 Å². The molecule has 0 amide bonds. The fourth-order valence-electron chi connectivity index (χ4n) is 5.20. The van der Waals surface area contributed by atoms with Crippen molar-refractivity contribution < 1.29 is 14.6 Å². The predicted octanol–water partition coefficient (Wildman–Crippen LogP) is 7.89. The van der Waals surface area contributed by atoms with E-state index in [1.165, 1.54) is 0 Å². The second-order valence-corrected chi connectivity index (χ2v) is 10.3. The molecule has 0 aliphatic carbocycles. The maximum atomic E-state index is 11.1. The normalized spacial score (nSPS) is 11.4. The van der Waals surface area contributed by atoms with Crippen molar-refractivity contribution in [1.82, 2.24) is 19.5 Å². The van der Waals surface area contributed by atoms with E-state index in [1.54, 1.807) is 12.1 Å². The van der Waals surface area contributed by atoms with Crippen LogP contribution in [0.3, 0.4) is 0 Å². The quantitative estimate of drug-likeness (QED) is 0.160. The van der Waals surface area contributed by atoms with Crippen molar-refractivity contribution in [2.75, 3.05) is 0 Å². The van der Waals surface area contributed by atoms with Crippen molar-refractivity contribution in [2.24, 2.45) is 0 Å². The minimum absolute atomic E-state index is 0.320. The largest absolute Gasteiger partial charge is 0.511 e. The van der Waals surface area contributed by atoms with Crippen LogP contribution in [0.4, 0.5) is 4.79 Å². The third-order valence-corrected chi connectivity index (χ3v) is 7.03. The lowest BCUT2D eigenvalue weighted by atomic mass is 10.0. The van der Waals surface area contributed by atoms with Gasteiger partial charge in [-0.05, 0) is 61.1 Å². The summed E-state index contributed by atoms with van der Waals surface area (Å²) < 4.78 is 7.29. The Morgan fingerprint density at radius 2 is 1.77 bits per heavy atom. The summed E-state index contributed by atoms with van der Waals surface area (Å²) in [4.78, 5) is 24.6. The third kappa shape index (κ3) is 5.30. The van der Waals surface area contributed by atoms with E-state index in [1.807, 2.05) is 24.3 Å². The van der Waals surface area contributed by atoms with Crippen LogP contribution in [-0.2, 0) is 13.0 Å². The Hall–Kier alpha value is -4.39. The molecule has 5 rings (SSSR count). The molecule has 0 radical (unpaired) electrons. The SMILES string of the molecule is CCCc1nc2c(C)cc(-c3nc(C(C)C)c(C)[nH]3)cc2n1Cc1ccc(-c2ccccc2OC(=O)O)cc1. The average Bonchev–Trinajstić information content (AvgIpc) is 3.46. The highest BCUT2D eigenvalue weighted by molar-refractivity contribution is 5.85. The molecular formula is C32H34N4O3. The van der Waals surface area contributed by atoms with Gasteiger partial charge in [-0.2, -0.15) is 0 Å². The molecule has 0 spiro atoms. The van der Waals surface area contributed by atoms with Gasteiger partial charge in [0.15, 0.2) is 0 Å². The molecule has 0 unspecified atom stereocenters. The zero-order valence-corrected chi connectivity index (χ0v) is 23.1. The Morgan fingerprint density at radius 1 is 1.03 bits per heavy atom. The third-order valence-electron chi connectivity index (χ3n) is 7.03. The Bertz CT molecular complexity index is 1640. The van der Waals surface area contributed by atoms with Crippen LogP contribution in [0.1, 0.15) is 61.4 Å². The second kappa shape index (κ2) is 10.8. The number of benzene rings is 3. The number of carboxylic acid groups (broad SMARTS) is 1. The smallest absolute Gasteiger partial charge is 0.449 e. The van der Waals surface area contributed by atoms with E-state index < -0.39 is 6.16 Å². The van der Waals surface area contributed by atoms with Gasteiger partial charge in [-0.25, -0.2) is 14.8 Å². The fraction of sp³-hybridized carbons (Fsp3) is 0.281. The number of imidazole rings is 2. The molecule has 200 valence electrons. The molecule has 0 bridgehead atoms. The molecule has 39 heavy (non-hydrogen) atoms. The van der Waals surface area contributed by atoms with E-state index in [2.05, 4.69) is 68.4 Å². The molecule has 0 saturated heterocycles. The van der Waals surface area contributed by atoms with E-state index in [0.717, 1.165) is 74.7 Å². The van der Waals surface area contributed by atoms with Crippen LogP contribution < -0.4 is 4.74 Å². The summed E-state index contributed by atoms with van der Waals surface area (Å²) in [5, 5.41) is 9.10. The molecule has 0 atom stereocenters. The lowest BCUT2D eigenvalue weighted by Crippen LogP contribution is -2.05. The highest BCUT2D eigenvalue weighted by atomic mass is 16.7. The molecule has 5 aromatic rings. The zero-order valence-electron chi connectivity index (χ0n) is 23.1. The van der Waals surface area contributed by atoms with E-state index in [4.69, 9.17) is 19.8 Å². The standard InChI is InChI=1S/C32H34N4O3/c1-6-9-28-34-30-20(4)16-24(31-33-21(5)29(35-31)19(2)3)17-26(30)36(28)18-22-12-14-23(15-13-22)25-10-7-8-11-27(25)39-32(37)38/h7-8,10-17,19H,6,9,18H2,1-5H3,(H,33,35)(H,37,38). The summed E-state index contributed by atoms with van der Waals surface area (Å²) in [6, 6.07) is 19.7. The highest BCUT2D eigenvalue weighted by Crippen LogP contribution is 2.32. The summed E-state index contributed by atoms with van der Waals surface area (Å²) in [6.45, 7) is 11.4. The number of carbonyl (C=O) groups is 1. The summed E-state index contributed by atoms with van der Waals surface area (Å²) in [7, 11) is 0. The van der Waals surface area contributed by atoms with Crippen molar-refractivity contribution in [3.63, 3.8) is 0 Å². The Labute approximate surface area is 228 Å². The number of H-pyrrole nitrogens is 1. The Balaban J connectivity index is 1.53. The van der Waals surface area contributed by atoms with Gasteiger partial charge < -0.3 is 19.4 Å². The number of rotatable bonds is 8. The van der Waals surface area contributed by atoms with Gasteiger partial charge in [0.1, 0.15) is 17.4 Å². The number of ether oxygens (including phenoxy) is 1. The van der Waals surface area contributed by atoms with Gasteiger partial charge in [-0.1, -0.05) is 63.2 Å². The maximum absolute atomic E-state index is 11.1. The zero-order chi connectivity index (χ0) is 27.7. The van der Waals surface area contributed by atoms with Gasteiger partial charge in [-0.15, -0.1) is 0 Å². The van der Waals surface area contributed by atoms with Crippen molar-refractivity contribution in [1.29, 1.82) is 0 Å². The molecule has 7 heteroatoms. The summed E-state index contributed by atoms with van der Waals surface area (Å²) in [6.07, 6.45) is 0.567. The first kappa shape index (κ1) is 26.2. The Kier molecular flexibility index (Phi) is 7.24. The van der Waals surface area contributed by atoms with Crippen molar-refractivity contribution in [3.8, 4) is 28.3 Å². The molecule has 0 fully saturated rings. The highest BCUT2D eigenvalue weighted by Gasteiger charge is 2.17. The number of aromatic amines is 1. The average molecular weight is 523 g/mol. The molecule has 7 nitrogen and oxygen atoms in total. The number of nitrogens with zero attached hydrogens (tertiary/aromatic N) is 3. The van der Waals surface area contributed by atoms with Crippen LogP contribution in [0.2, 0.25) is 0 Å². The molecule has 0 aliphatic heterocycles. The van der Waals surface area contributed by atoms with Crippen LogP contribution in [-0.4, -0.2) is 30.8 Å². The minimum Gasteiger partial charge on any atom is -0.449 e. The van der Waals surface area contributed by atoms with Crippen LogP contribution >= 0.6 is 0 Å². The fourth-order valence-corrected chi connectivity index (χ4v) is 5.20. The number of nitrogens with one attached hydrogen (secondary N) is 1. The molecule has 3 aromatic carbocycles. The first-order valence-corrected chi connectivity index (χ1v) is 13.4. The van der Waals surface area contributed by atoms with Crippen molar-refractivity contribution in [3.05, 3.63) is 89.0 Å². The first-order valence-electron chi connectivity index (χ1n) is 13.4. The maximum Gasteiger partial charge on any atom is 0.511 e. The van der Waals surface area contributed by atoms with Gasteiger partial charge in [-0.3, -0.25) is 0 Å². The molecule has 0 saturated carbocycles. The van der Waals surface area contributed by atoms with Crippen LogP contribution in [0.5, 0.6) is 5.75 Å². The van der Waals surface area contributed by atoms with E-state index >= 15 is 0 Å². The predicted molar refractivity (Wildman–Crippen MR) is 155 cm³/mol. The van der Waals surface area contributed by atoms with Gasteiger partial charge in [0, 0.05) is 29.8 Å². The van der Waals surface area contributed by atoms with Gasteiger partial charge in [0.25, 0.3) is 0 Å². The lowest BCUT2D eigenvalue weighted by Gasteiger charge is -2.12. The first-order chi connectivity index (χ1) is 18.7.